The highest BCUT2D eigenvalue weighted by Crippen LogP contribution is 2.09. The lowest BCUT2D eigenvalue weighted by Gasteiger charge is -2.02. The number of rotatable bonds is 4. The Kier molecular flexibility index (Phi) is 4.33. The molecule has 1 aromatic rings. The van der Waals surface area contributed by atoms with Gasteiger partial charge in [0.15, 0.2) is 0 Å². The van der Waals surface area contributed by atoms with Crippen LogP contribution in [0.2, 0.25) is 0 Å². The van der Waals surface area contributed by atoms with Gasteiger partial charge in [-0.05, 0) is 17.2 Å². The lowest BCUT2D eigenvalue weighted by Crippen LogP contribution is -1.88. The zero-order valence-corrected chi connectivity index (χ0v) is 10.3. The van der Waals surface area contributed by atoms with Gasteiger partial charge in [0.05, 0.1) is 12.9 Å². The second kappa shape index (κ2) is 5.59. The summed E-state index contributed by atoms with van der Waals surface area (Å²) in [5.41, 5.74) is 1.28. The van der Waals surface area contributed by atoms with Gasteiger partial charge in [-0.15, -0.1) is 0 Å². The monoisotopic (exact) mass is 192 g/mol. The molecule has 0 bridgehead atoms. The van der Waals surface area contributed by atoms with E-state index in [9.17, 15) is 0 Å². The molecule has 0 atom stereocenters. The van der Waals surface area contributed by atoms with Crippen molar-refractivity contribution in [1.82, 2.24) is 0 Å². The lowest BCUT2D eigenvalue weighted by atomic mass is 10.2. The molecule has 2 heteroatoms. The predicted molar refractivity (Wildman–Crippen MR) is 60.6 cm³/mol. The summed E-state index contributed by atoms with van der Waals surface area (Å²) in [5.74, 6) is 0. The highest BCUT2D eigenvalue weighted by molar-refractivity contribution is 6.42. The van der Waals surface area contributed by atoms with E-state index < -0.39 is 0 Å². The minimum Gasteiger partial charge on any atom is -0.501 e. The Bertz CT molecular complexity index is 267. The molecule has 0 amide bonds. The first-order valence-corrected chi connectivity index (χ1v) is 5.68. The summed E-state index contributed by atoms with van der Waals surface area (Å²) >= 11 is 0. The summed E-state index contributed by atoms with van der Waals surface area (Å²) in [4.78, 5) is 0. The van der Waals surface area contributed by atoms with Gasteiger partial charge in [0.25, 0.3) is 0 Å². The third-order valence-electron chi connectivity index (χ3n) is 1.81. The molecule has 0 aliphatic carbocycles. The van der Waals surface area contributed by atoms with Crippen LogP contribution in [0.4, 0.5) is 0 Å². The minimum atomic E-state index is 0.818. The average Bonchev–Trinajstić information content (AvgIpc) is 2.19. The number of ether oxygens (including phenoxy) is 1. The molecule has 0 aliphatic heterocycles. The van der Waals surface area contributed by atoms with E-state index >= 15 is 0 Å². The maximum atomic E-state index is 5.37. The van der Waals surface area contributed by atoms with Crippen molar-refractivity contribution < 1.29 is 4.74 Å². The Balaban J connectivity index is 2.57. The molecule has 0 aliphatic rings. The van der Waals surface area contributed by atoms with Crippen LogP contribution in [-0.2, 0) is 4.74 Å². The maximum Gasteiger partial charge on any atom is 0.0870 e. The van der Waals surface area contributed by atoms with Crippen LogP contribution in [0.1, 0.15) is 18.9 Å². The molecule has 0 unspecified atom stereocenters. The average molecular weight is 192 g/mol. The number of hydrogen-bond donors (Lipinski definition) is 0. The molecule has 0 fully saturated rings. The van der Waals surface area contributed by atoms with Gasteiger partial charge < -0.3 is 4.74 Å². The van der Waals surface area contributed by atoms with Gasteiger partial charge in [0, 0.05) is 10.2 Å². The van der Waals surface area contributed by atoms with Crippen molar-refractivity contribution >= 4 is 15.4 Å². The SMILES string of the molecule is CCCOC=C([SiH3])c1ccccc1. The number of benzene rings is 1. The maximum absolute atomic E-state index is 5.37. The highest BCUT2D eigenvalue weighted by Gasteiger charge is 1.92. The van der Waals surface area contributed by atoms with Gasteiger partial charge in [0.2, 0.25) is 0 Å². The van der Waals surface area contributed by atoms with Crippen LogP contribution in [0.5, 0.6) is 0 Å². The van der Waals surface area contributed by atoms with E-state index in [4.69, 9.17) is 4.74 Å². The second-order valence-electron chi connectivity index (χ2n) is 3.04. The minimum absolute atomic E-state index is 0.818. The first kappa shape index (κ1) is 10.1. The Labute approximate surface area is 82.9 Å². The molecule has 1 aromatic carbocycles. The van der Waals surface area contributed by atoms with Gasteiger partial charge in [0.1, 0.15) is 0 Å². The van der Waals surface area contributed by atoms with Crippen molar-refractivity contribution in [2.45, 2.75) is 13.3 Å². The van der Waals surface area contributed by atoms with E-state index in [1.807, 2.05) is 12.3 Å². The van der Waals surface area contributed by atoms with Crippen molar-refractivity contribution in [3.05, 3.63) is 42.2 Å². The fourth-order valence-electron chi connectivity index (χ4n) is 1.07. The smallest absolute Gasteiger partial charge is 0.0870 e. The molecule has 0 radical (unpaired) electrons. The van der Waals surface area contributed by atoms with E-state index in [1.54, 1.807) is 0 Å². The fraction of sp³-hybridized carbons (Fsp3) is 0.273. The molecule has 1 rings (SSSR count). The van der Waals surface area contributed by atoms with Gasteiger partial charge in [-0.25, -0.2) is 0 Å². The number of hydrogen-bond acceptors (Lipinski definition) is 1. The Morgan fingerprint density at radius 2 is 2.08 bits per heavy atom. The summed E-state index contributed by atoms with van der Waals surface area (Å²) in [6.45, 7) is 2.93. The fourth-order valence-corrected chi connectivity index (χ4v) is 1.57. The van der Waals surface area contributed by atoms with E-state index in [0.717, 1.165) is 23.3 Å². The van der Waals surface area contributed by atoms with Crippen LogP contribution in [0.3, 0.4) is 0 Å². The van der Waals surface area contributed by atoms with Crippen LogP contribution in [-0.4, -0.2) is 16.8 Å². The van der Waals surface area contributed by atoms with Crippen LogP contribution in [0.25, 0.3) is 5.20 Å². The zero-order chi connectivity index (χ0) is 9.52. The van der Waals surface area contributed by atoms with Gasteiger partial charge in [-0.1, -0.05) is 37.3 Å². The van der Waals surface area contributed by atoms with Crippen LogP contribution in [0, 0.1) is 0 Å². The van der Waals surface area contributed by atoms with Gasteiger partial charge in [-0.2, -0.15) is 0 Å². The topological polar surface area (TPSA) is 9.23 Å². The summed E-state index contributed by atoms with van der Waals surface area (Å²) in [7, 11) is 1.03. The third kappa shape index (κ3) is 3.47. The van der Waals surface area contributed by atoms with Gasteiger partial charge in [-0.3, -0.25) is 0 Å². The molecule has 13 heavy (non-hydrogen) atoms. The highest BCUT2D eigenvalue weighted by atomic mass is 28.1. The Hall–Kier alpha value is -1.02. The quantitative estimate of drug-likeness (QED) is 0.401. The summed E-state index contributed by atoms with van der Waals surface area (Å²) in [5, 5.41) is 1.31. The van der Waals surface area contributed by atoms with Crippen molar-refractivity contribution in [2.24, 2.45) is 0 Å². The first-order valence-electron chi connectivity index (χ1n) is 4.68. The molecule has 0 spiro atoms. The molecule has 0 saturated carbocycles. The molecule has 1 nitrogen and oxygen atoms in total. The Morgan fingerprint density at radius 3 is 2.69 bits per heavy atom. The van der Waals surface area contributed by atoms with Crippen LogP contribution in [0.15, 0.2) is 36.6 Å². The Morgan fingerprint density at radius 1 is 1.38 bits per heavy atom. The van der Waals surface area contributed by atoms with Gasteiger partial charge >= 0.3 is 0 Å². The molecule has 0 N–H and O–H groups in total. The van der Waals surface area contributed by atoms with E-state index in [1.165, 1.54) is 10.8 Å². The molecule has 70 valence electrons. The third-order valence-corrected chi connectivity index (χ3v) is 2.62. The van der Waals surface area contributed by atoms with E-state index in [2.05, 4.69) is 31.2 Å². The van der Waals surface area contributed by atoms with Crippen molar-refractivity contribution in [3.63, 3.8) is 0 Å². The first-order chi connectivity index (χ1) is 6.34. The summed E-state index contributed by atoms with van der Waals surface area (Å²) in [6.07, 6.45) is 2.96. The predicted octanol–water partition coefficient (Wildman–Crippen LogP) is 1.78. The summed E-state index contributed by atoms with van der Waals surface area (Å²) < 4.78 is 5.37. The normalized spacial score (nSPS) is 11.6. The molecular weight excluding hydrogens is 176 g/mol. The van der Waals surface area contributed by atoms with Crippen molar-refractivity contribution in [2.75, 3.05) is 6.61 Å². The van der Waals surface area contributed by atoms with E-state index in [0.29, 0.717) is 0 Å². The van der Waals surface area contributed by atoms with Crippen molar-refractivity contribution in [1.29, 1.82) is 0 Å². The standard InChI is InChI=1S/C11H16OSi/c1-2-8-12-9-11(13)10-6-4-3-5-7-10/h3-7,9H,2,8H2,1,13H3. The van der Waals surface area contributed by atoms with Crippen molar-refractivity contribution in [3.8, 4) is 0 Å². The molecular formula is C11H16OSi. The second-order valence-corrected chi connectivity index (χ2v) is 4.12. The largest absolute Gasteiger partial charge is 0.501 e. The van der Waals surface area contributed by atoms with Crippen LogP contribution >= 0.6 is 0 Å². The van der Waals surface area contributed by atoms with Crippen LogP contribution < -0.4 is 0 Å². The summed E-state index contributed by atoms with van der Waals surface area (Å²) in [6, 6.07) is 10.4. The lowest BCUT2D eigenvalue weighted by molar-refractivity contribution is 0.252. The molecule has 0 heterocycles. The molecule has 0 saturated heterocycles. The van der Waals surface area contributed by atoms with E-state index in [-0.39, 0.29) is 0 Å². The zero-order valence-electron chi connectivity index (χ0n) is 8.29. The molecule has 0 aromatic heterocycles.